The number of hydrogen-bond acceptors (Lipinski definition) is 3. The van der Waals surface area contributed by atoms with Crippen LogP contribution in [0.3, 0.4) is 0 Å². The summed E-state index contributed by atoms with van der Waals surface area (Å²) in [5.74, 6) is 0.0207. The molecule has 0 aromatic heterocycles. The Hall–Kier alpha value is -1.75. The quantitative estimate of drug-likeness (QED) is 0.866. The first-order valence-electron chi connectivity index (χ1n) is 8.15. The molecule has 1 aliphatic heterocycles. The van der Waals surface area contributed by atoms with E-state index < -0.39 is 0 Å². The van der Waals surface area contributed by atoms with Gasteiger partial charge in [0.15, 0.2) is 0 Å². The molecule has 5 nitrogen and oxygen atoms in total. The van der Waals surface area contributed by atoms with Crippen LogP contribution in [-0.4, -0.2) is 49.4 Å². The zero-order chi connectivity index (χ0) is 16.7. The summed E-state index contributed by atoms with van der Waals surface area (Å²) >= 11 is 5.90. The number of carbonyl (C=O) groups excluding carboxylic acids is 2. The fourth-order valence-corrected chi connectivity index (χ4v) is 2.72. The molecule has 0 spiro atoms. The summed E-state index contributed by atoms with van der Waals surface area (Å²) in [7, 11) is 0. The van der Waals surface area contributed by atoms with E-state index in [-0.39, 0.29) is 24.7 Å². The maximum absolute atomic E-state index is 12.2. The molecule has 1 saturated heterocycles. The van der Waals surface area contributed by atoms with Crippen LogP contribution in [0.25, 0.3) is 0 Å². The summed E-state index contributed by atoms with van der Waals surface area (Å²) in [6.45, 7) is 5.67. The van der Waals surface area contributed by atoms with Crippen LogP contribution in [0.15, 0.2) is 24.3 Å². The van der Waals surface area contributed by atoms with Crippen LogP contribution in [0, 0.1) is 0 Å². The molecule has 0 bridgehead atoms. The molecule has 0 atom stereocenters. The van der Waals surface area contributed by atoms with E-state index in [1.165, 1.54) is 0 Å². The Bertz CT molecular complexity index is 525. The fraction of sp³-hybridized carbons (Fsp3) is 0.529. The highest BCUT2D eigenvalue weighted by atomic mass is 35.5. The minimum Gasteiger partial charge on any atom is -0.368 e. The van der Waals surface area contributed by atoms with E-state index in [4.69, 9.17) is 11.6 Å². The molecule has 0 saturated carbocycles. The molecule has 1 aromatic carbocycles. The second-order valence-electron chi connectivity index (χ2n) is 5.69. The highest BCUT2D eigenvalue weighted by Gasteiger charge is 2.21. The number of piperazine rings is 1. The van der Waals surface area contributed by atoms with Crippen LogP contribution in [0.4, 0.5) is 5.69 Å². The number of hydrogen-bond donors (Lipinski definition) is 1. The van der Waals surface area contributed by atoms with Gasteiger partial charge in [-0.15, -0.1) is 0 Å². The second-order valence-corrected chi connectivity index (χ2v) is 6.13. The van der Waals surface area contributed by atoms with Crippen molar-refractivity contribution in [1.29, 1.82) is 0 Å². The Labute approximate surface area is 142 Å². The van der Waals surface area contributed by atoms with Gasteiger partial charge < -0.3 is 15.1 Å². The van der Waals surface area contributed by atoms with Gasteiger partial charge in [0.2, 0.25) is 11.8 Å². The van der Waals surface area contributed by atoms with Crippen molar-refractivity contribution in [2.24, 2.45) is 0 Å². The van der Waals surface area contributed by atoms with Gasteiger partial charge in [-0.2, -0.15) is 0 Å². The van der Waals surface area contributed by atoms with E-state index in [0.717, 1.165) is 30.2 Å². The molecule has 1 N–H and O–H groups in total. The molecule has 0 aliphatic carbocycles. The van der Waals surface area contributed by atoms with E-state index >= 15 is 0 Å². The lowest BCUT2D eigenvalue weighted by molar-refractivity contribution is -0.133. The molecule has 6 heteroatoms. The third-order valence-corrected chi connectivity index (χ3v) is 4.21. The van der Waals surface area contributed by atoms with Crippen LogP contribution in [0.5, 0.6) is 0 Å². The SMILES string of the molecule is CCCNC(=O)CCC(=O)N1CCN(c2ccc(Cl)cc2)CC1. The van der Waals surface area contributed by atoms with Crippen molar-refractivity contribution in [3.63, 3.8) is 0 Å². The highest BCUT2D eigenvalue weighted by Crippen LogP contribution is 2.19. The van der Waals surface area contributed by atoms with Crippen LogP contribution < -0.4 is 10.2 Å². The van der Waals surface area contributed by atoms with Crippen molar-refractivity contribution >= 4 is 29.1 Å². The van der Waals surface area contributed by atoms with Gasteiger partial charge in [-0.25, -0.2) is 0 Å². The van der Waals surface area contributed by atoms with Crippen LogP contribution >= 0.6 is 11.6 Å². The maximum atomic E-state index is 12.2. The van der Waals surface area contributed by atoms with Crippen molar-refractivity contribution in [2.45, 2.75) is 26.2 Å². The van der Waals surface area contributed by atoms with Crippen LogP contribution in [0.2, 0.25) is 5.02 Å². The Balaban J connectivity index is 1.74. The van der Waals surface area contributed by atoms with Crippen molar-refractivity contribution in [2.75, 3.05) is 37.6 Å². The average molecular weight is 338 g/mol. The molecule has 23 heavy (non-hydrogen) atoms. The normalized spacial score (nSPS) is 14.7. The summed E-state index contributed by atoms with van der Waals surface area (Å²) in [5, 5.41) is 3.52. The van der Waals surface area contributed by atoms with Crippen molar-refractivity contribution in [3.8, 4) is 0 Å². The highest BCUT2D eigenvalue weighted by molar-refractivity contribution is 6.30. The Morgan fingerprint density at radius 3 is 2.35 bits per heavy atom. The number of rotatable bonds is 6. The maximum Gasteiger partial charge on any atom is 0.223 e. The number of amides is 2. The van der Waals surface area contributed by atoms with Gasteiger partial charge in [-0.05, 0) is 30.7 Å². The first-order valence-corrected chi connectivity index (χ1v) is 8.53. The van der Waals surface area contributed by atoms with Crippen molar-refractivity contribution < 1.29 is 9.59 Å². The summed E-state index contributed by atoms with van der Waals surface area (Å²) in [4.78, 5) is 27.8. The van der Waals surface area contributed by atoms with Gasteiger partial charge in [0, 0.05) is 56.3 Å². The molecule has 126 valence electrons. The van der Waals surface area contributed by atoms with E-state index in [1.54, 1.807) is 0 Å². The van der Waals surface area contributed by atoms with Gasteiger partial charge >= 0.3 is 0 Å². The van der Waals surface area contributed by atoms with E-state index in [9.17, 15) is 9.59 Å². The molecule has 1 aromatic rings. The first-order chi connectivity index (χ1) is 11.1. The van der Waals surface area contributed by atoms with Gasteiger partial charge in [0.1, 0.15) is 0 Å². The zero-order valence-electron chi connectivity index (χ0n) is 13.6. The summed E-state index contributed by atoms with van der Waals surface area (Å²) < 4.78 is 0. The number of benzene rings is 1. The smallest absolute Gasteiger partial charge is 0.223 e. The first kappa shape index (κ1) is 17.6. The molecule has 1 heterocycles. The monoisotopic (exact) mass is 337 g/mol. The Morgan fingerprint density at radius 1 is 1.09 bits per heavy atom. The molecule has 0 radical (unpaired) electrons. The van der Waals surface area contributed by atoms with E-state index in [2.05, 4.69) is 10.2 Å². The summed E-state index contributed by atoms with van der Waals surface area (Å²) in [5.41, 5.74) is 1.13. The van der Waals surface area contributed by atoms with Crippen LogP contribution in [-0.2, 0) is 9.59 Å². The topological polar surface area (TPSA) is 52.7 Å². The molecule has 1 fully saturated rings. The lowest BCUT2D eigenvalue weighted by atomic mass is 10.2. The van der Waals surface area contributed by atoms with Gasteiger partial charge in [0.05, 0.1) is 0 Å². The average Bonchev–Trinajstić information content (AvgIpc) is 2.58. The minimum absolute atomic E-state index is 0.0417. The lowest BCUT2D eigenvalue weighted by Crippen LogP contribution is -2.49. The Morgan fingerprint density at radius 2 is 1.74 bits per heavy atom. The summed E-state index contributed by atoms with van der Waals surface area (Å²) in [6, 6.07) is 7.75. The number of nitrogens with one attached hydrogen (secondary N) is 1. The molecular weight excluding hydrogens is 314 g/mol. The molecule has 0 unspecified atom stereocenters. The number of halogens is 1. The fourth-order valence-electron chi connectivity index (χ4n) is 2.60. The molecular formula is C17H24ClN3O2. The predicted molar refractivity (Wildman–Crippen MR) is 92.8 cm³/mol. The van der Waals surface area contributed by atoms with Gasteiger partial charge in [-0.3, -0.25) is 9.59 Å². The Kier molecular flexibility index (Phi) is 6.71. The third-order valence-electron chi connectivity index (χ3n) is 3.96. The van der Waals surface area contributed by atoms with Gasteiger partial charge in [0.25, 0.3) is 0 Å². The molecule has 2 rings (SSSR count). The van der Waals surface area contributed by atoms with Crippen molar-refractivity contribution in [3.05, 3.63) is 29.3 Å². The van der Waals surface area contributed by atoms with E-state index in [1.807, 2.05) is 36.1 Å². The number of carbonyl (C=O) groups is 2. The molecule has 1 aliphatic rings. The summed E-state index contributed by atoms with van der Waals surface area (Å²) in [6.07, 6.45) is 1.47. The van der Waals surface area contributed by atoms with Crippen molar-refractivity contribution in [1.82, 2.24) is 10.2 Å². The lowest BCUT2D eigenvalue weighted by Gasteiger charge is -2.36. The van der Waals surface area contributed by atoms with Crippen LogP contribution in [0.1, 0.15) is 26.2 Å². The second kappa shape index (κ2) is 8.77. The van der Waals surface area contributed by atoms with Gasteiger partial charge in [-0.1, -0.05) is 18.5 Å². The standard InChI is InChI=1S/C17H24ClN3O2/c1-2-9-19-16(22)7-8-17(23)21-12-10-20(11-13-21)15-5-3-14(18)4-6-15/h3-6H,2,7-13H2,1H3,(H,19,22). The molecule has 2 amide bonds. The largest absolute Gasteiger partial charge is 0.368 e. The predicted octanol–water partition coefficient (Wildman–Crippen LogP) is 2.29. The minimum atomic E-state index is -0.0417. The zero-order valence-corrected chi connectivity index (χ0v) is 14.3. The number of nitrogens with zero attached hydrogens (tertiary/aromatic N) is 2. The third kappa shape index (κ3) is 5.43. The number of anilines is 1. The van der Waals surface area contributed by atoms with E-state index in [0.29, 0.717) is 19.6 Å².